The van der Waals surface area contributed by atoms with E-state index in [0.29, 0.717) is 28.8 Å². The Kier molecular flexibility index (Phi) is 4.64. The average molecular weight is 437 g/mol. The molecule has 5 heteroatoms. The van der Waals surface area contributed by atoms with Crippen molar-refractivity contribution in [1.82, 2.24) is 0 Å². The molecule has 0 aromatic heterocycles. The smallest absolute Gasteiger partial charge is 0.343 e. The third kappa shape index (κ3) is 3.18. The van der Waals surface area contributed by atoms with Gasteiger partial charge in [0.25, 0.3) is 0 Å². The predicted octanol–water partition coefficient (Wildman–Crippen LogP) is 5.11. The number of benzene rings is 3. The SMILES string of the molecule is O=C(Oc1ccccc1-c1ccccc1)c1cccc(N2C(=O)[C@H]3[C@H]4CC[C@@H](C4)[C@@H]3C2=O)c1. The van der Waals surface area contributed by atoms with Crippen LogP contribution in [-0.2, 0) is 9.59 Å². The fourth-order valence-corrected chi connectivity index (χ4v) is 6.01. The normalized spacial score (nSPS) is 25.4. The summed E-state index contributed by atoms with van der Waals surface area (Å²) in [7, 11) is 0. The molecule has 1 saturated heterocycles. The van der Waals surface area contributed by atoms with E-state index in [4.69, 9.17) is 4.74 Å². The van der Waals surface area contributed by atoms with Crippen LogP contribution in [0.3, 0.4) is 0 Å². The second kappa shape index (κ2) is 7.69. The molecular formula is C28H23NO4. The maximum absolute atomic E-state index is 13.2. The summed E-state index contributed by atoms with van der Waals surface area (Å²) in [6.45, 7) is 0. The number of anilines is 1. The minimum atomic E-state index is -0.528. The van der Waals surface area contributed by atoms with Gasteiger partial charge in [-0.15, -0.1) is 0 Å². The van der Waals surface area contributed by atoms with E-state index < -0.39 is 5.97 Å². The van der Waals surface area contributed by atoms with Gasteiger partial charge in [0.2, 0.25) is 11.8 Å². The van der Waals surface area contributed by atoms with Gasteiger partial charge in [0.05, 0.1) is 23.1 Å². The fourth-order valence-electron chi connectivity index (χ4n) is 6.01. The molecule has 6 rings (SSSR count). The number of ether oxygens (including phenoxy) is 1. The molecule has 1 aliphatic heterocycles. The third-order valence-electron chi connectivity index (χ3n) is 7.44. The van der Waals surface area contributed by atoms with Crippen LogP contribution in [0.2, 0.25) is 0 Å². The van der Waals surface area contributed by atoms with E-state index in [-0.39, 0.29) is 23.7 Å². The average Bonchev–Trinajstić information content (AvgIpc) is 3.53. The van der Waals surface area contributed by atoms with Crippen molar-refractivity contribution in [1.29, 1.82) is 0 Å². The zero-order valence-electron chi connectivity index (χ0n) is 18.0. The zero-order chi connectivity index (χ0) is 22.5. The lowest BCUT2D eigenvalue weighted by Gasteiger charge is -2.19. The van der Waals surface area contributed by atoms with E-state index >= 15 is 0 Å². The molecule has 3 aromatic rings. The number of rotatable bonds is 4. The first-order valence-electron chi connectivity index (χ1n) is 11.5. The first kappa shape index (κ1) is 19.9. The number of hydrogen-bond donors (Lipinski definition) is 0. The van der Waals surface area contributed by atoms with Crippen molar-refractivity contribution < 1.29 is 19.1 Å². The Balaban J connectivity index is 1.27. The van der Waals surface area contributed by atoms with Crippen LogP contribution in [0.15, 0.2) is 78.9 Å². The lowest BCUT2D eigenvalue weighted by Crippen LogP contribution is -2.32. The van der Waals surface area contributed by atoms with E-state index in [0.717, 1.165) is 30.4 Å². The number of amides is 2. The number of nitrogens with zero attached hydrogens (tertiary/aromatic N) is 1. The van der Waals surface area contributed by atoms with Gasteiger partial charge in [-0.25, -0.2) is 4.79 Å². The van der Waals surface area contributed by atoms with Crippen molar-refractivity contribution in [3.05, 3.63) is 84.4 Å². The maximum Gasteiger partial charge on any atom is 0.343 e. The van der Waals surface area contributed by atoms with Crippen molar-refractivity contribution in [2.75, 3.05) is 4.90 Å². The Morgan fingerprint density at radius 3 is 2.18 bits per heavy atom. The lowest BCUT2D eigenvalue weighted by atomic mass is 9.81. The molecule has 1 heterocycles. The van der Waals surface area contributed by atoms with E-state index in [1.54, 1.807) is 30.3 Å². The standard InChI is InChI=1S/C28H23NO4/c30-26-24-18-13-14-19(15-18)25(24)27(31)29(26)21-10-6-9-20(16-21)28(32)33-23-12-5-4-11-22(23)17-7-2-1-3-8-17/h1-12,16,18-19,24-25H,13-15H2/t18-,19-,24-,25-/m0/s1. The molecule has 2 bridgehead atoms. The Labute approximate surface area is 192 Å². The zero-order valence-corrected chi connectivity index (χ0v) is 18.0. The van der Waals surface area contributed by atoms with Gasteiger partial charge in [-0.2, -0.15) is 0 Å². The summed E-state index contributed by atoms with van der Waals surface area (Å²) in [4.78, 5) is 40.6. The Morgan fingerprint density at radius 2 is 1.45 bits per heavy atom. The topological polar surface area (TPSA) is 63.7 Å². The van der Waals surface area contributed by atoms with Crippen molar-refractivity contribution in [3.8, 4) is 16.9 Å². The minimum absolute atomic E-state index is 0.114. The molecule has 0 spiro atoms. The summed E-state index contributed by atoms with van der Waals surface area (Å²) >= 11 is 0. The number of para-hydroxylation sites is 1. The quantitative estimate of drug-likeness (QED) is 0.323. The lowest BCUT2D eigenvalue weighted by molar-refractivity contribution is -0.123. The van der Waals surface area contributed by atoms with Gasteiger partial charge in [0.1, 0.15) is 5.75 Å². The van der Waals surface area contributed by atoms with Crippen LogP contribution in [0, 0.1) is 23.7 Å². The molecule has 164 valence electrons. The Hall–Kier alpha value is -3.73. The molecule has 3 aliphatic rings. The highest BCUT2D eigenvalue weighted by Gasteiger charge is 2.61. The van der Waals surface area contributed by atoms with Crippen LogP contribution in [0.4, 0.5) is 5.69 Å². The van der Waals surface area contributed by atoms with Crippen molar-refractivity contribution in [2.24, 2.45) is 23.7 Å². The monoisotopic (exact) mass is 437 g/mol. The molecular weight excluding hydrogens is 414 g/mol. The molecule has 2 aliphatic carbocycles. The Morgan fingerprint density at radius 1 is 0.788 bits per heavy atom. The van der Waals surface area contributed by atoms with E-state index in [1.165, 1.54) is 4.90 Å². The van der Waals surface area contributed by atoms with Crippen LogP contribution in [0.5, 0.6) is 5.75 Å². The van der Waals surface area contributed by atoms with Gasteiger partial charge in [-0.05, 0) is 60.9 Å². The highest BCUT2D eigenvalue weighted by Crippen LogP contribution is 2.56. The number of hydrogen-bond acceptors (Lipinski definition) is 4. The summed E-state index contributed by atoms with van der Waals surface area (Å²) in [6, 6.07) is 23.7. The van der Waals surface area contributed by atoms with Crippen molar-refractivity contribution in [3.63, 3.8) is 0 Å². The van der Waals surface area contributed by atoms with Crippen LogP contribution >= 0.6 is 0 Å². The van der Waals surface area contributed by atoms with Gasteiger partial charge in [0, 0.05) is 5.56 Å². The predicted molar refractivity (Wildman–Crippen MR) is 124 cm³/mol. The van der Waals surface area contributed by atoms with Crippen molar-refractivity contribution in [2.45, 2.75) is 19.3 Å². The summed E-state index contributed by atoms with van der Waals surface area (Å²) < 4.78 is 5.75. The number of carbonyl (C=O) groups is 3. The van der Waals surface area contributed by atoms with Gasteiger partial charge in [-0.1, -0.05) is 54.6 Å². The second-order valence-corrected chi connectivity index (χ2v) is 9.20. The van der Waals surface area contributed by atoms with Gasteiger partial charge < -0.3 is 4.74 Å². The number of esters is 1. The number of carbonyl (C=O) groups excluding carboxylic acids is 3. The second-order valence-electron chi connectivity index (χ2n) is 9.20. The molecule has 3 aromatic carbocycles. The van der Waals surface area contributed by atoms with Gasteiger partial charge in [-0.3, -0.25) is 14.5 Å². The molecule has 0 radical (unpaired) electrons. The summed E-state index contributed by atoms with van der Waals surface area (Å²) in [5, 5.41) is 0. The van der Waals surface area contributed by atoms with Crippen molar-refractivity contribution >= 4 is 23.5 Å². The molecule has 5 nitrogen and oxygen atoms in total. The minimum Gasteiger partial charge on any atom is -0.422 e. The third-order valence-corrected chi connectivity index (χ3v) is 7.44. The number of fused-ring (bicyclic) bond motifs is 5. The van der Waals surface area contributed by atoms with Crippen LogP contribution in [0.1, 0.15) is 29.6 Å². The van der Waals surface area contributed by atoms with E-state index in [1.807, 2.05) is 48.5 Å². The Bertz CT molecular complexity index is 1240. The molecule has 33 heavy (non-hydrogen) atoms. The highest BCUT2D eigenvalue weighted by atomic mass is 16.5. The van der Waals surface area contributed by atoms with Gasteiger partial charge >= 0.3 is 5.97 Å². The summed E-state index contributed by atoms with van der Waals surface area (Å²) in [5.74, 6) is -0.0326. The first-order valence-corrected chi connectivity index (χ1v) is 11.5. The maximum atomic E-state index is 13.2. The highest BCUT2D eigenvalue weighted by molar-refractivity contribution is 6.22. The fraction of sp³-hybridized carbons (Fsp3) is 0.250. The molecule has 3 fully saturated rings. The molecule has 2 amide bonds. The van der Waals surface area contributed by atoms with Gasteiger partial charge in [0.15, 0.2) is 0 Å². The summed E-state index contributed by atoms with van der Waals surface area (Å²) in [6.07, 6.45) is 3.06. The molecule has 2 saturated carbocycles. The molecule has 0 unspecified atom stereocenters. The molecule has 0 N–H and O–H groups in total. The number of imide groups is 1. The van der Waals surface area contributed by atoms with Crippen LogP contribution < -0.4 is 9.64 Å². The van der Waals surface area contributed by atoms with E-state index in [9.17, 15) is 14.4 Å². The largest absolute Gasteiger partial charge is 0.422 e. The molecule has 4 atom stereocenters. The van der Waals surface area contributed by atoms with Crippen LogP contribution in [-0.4, -0.2) is 17.8 Å². The van der Waals surface area contributed by atoms with Crippen LogP contribution in [0.25, 0.3) is 11.1 Å². The first-order chi connectivity index (χ1) is 16.1. The van der Waals surface area contributed by atoms with E-state index in [2.05, 4.69) is 0 Å². The summed E-state index contributed by atoms with van der Waals surface area (Å²) in [5.41, 5.74) is 2.51.